The number of hydrogen-bond acceptors (Lipinski definition) is 11. The second-order valence-electron chi connectivity index (χ2n) is 19.3. The maximum absolute atomic E-state index is 14.4. The van der Waals surface area contributed by atoms with E-state index in [1.807, 2.05) is 99.6 Å². The summed E-state index contributed by atoms with van der Waals surface area (Å²) in [7, 11) is 0. The number of thiazole rings is 1. The molecule has 17 heteroatoms. The van der Waals surface area contributed by atoms with Crippen molar-refractivity contribution in [2.24, 2.45) is 5.41 Å². The van der Waals surface area contributed by atoms with Crippen LogP contribution in [0.25, 0.3) is 15.3 Å². The Hall–Kier alpha value is -6.35. The van der Waals surface area contributed by atoms with Gasteiger partial charge in [0.1, 0.15) is 23.5 Å². The molecule has 3 saturated heterocycles. The quantitative estimate of drug-likeness (QED) is 0.0845. The Balaban J connectivity index is 0.894. The van der Waals surface area contributed by atoms with Gasteiger partial charge in [0.15, 0.2) is 5.69 Å². The summed E-state index contributed by atoms with van der Waals surface area (Å²) in [5, 5.41) is 20.5. The van der Waals surface area contributed by atoms with E-state index >= 15 is 0 Å². The van der Waals surface area contributed by atoms with Crippen LogP contribution in [0.1, 0.15) is 98.1 Å². The van der Waals surface area contributed by atoms with Gasteiger partial charge in [-0.3, -0.25) is 14.4 Å². The number of pyridine rings is 2. The van der Waals surface area contributed by atoms with Crippen molar-refractivity contribution in [3.63, 3.8) is 0 Å². The van der Waals surface area contributed by atoms with Crippen molar-refractivity contribution in [1.29, 1.82) is 0 Å². The van der Waals surface area contributed by atoms with Gasteiger partial charge in [-0.1, -0.05) is 57.2 Å². The molecule has 68 heavy (non-hydrogen) atoms. The summed E-state index contributed by atoms with van der Waals surface area (Å²) in [6.45, 7) is 18.1. The molecule has 14 nitrogen and oxygen atoms in total. The van der Waals surface area contributed by atoms with Crippen molar-refractivity contribution in [2.75, 3.05) is 42.9 Å². The highest BCUT2D eigenvalue weighted by atomic mass is 32.1. The predicted octanol–water partition coefficient (Wildman–Crippen LogP) is 8.41. The zero-order valence-electron chi connectivity index (χ0n) is 39.0. The molecule has 3 aliphatic rings. The van der Waals surface area contributed by atoms with Crippen LogP contribution in [0.3, 0.4) is 0 Å². The predicted molar refractivity (Wildman–Crippen MR) is 259 cm³/mol. The van der Waals surface area contributed by atoms with Gasteiger partial charge in [0.05, 0.1) is 47.4 Å². The molecule has 4 N–H and O–H groups in total. The van der Waals surface area contributed by atoms with Crippen LogP contribution in [0.15, 0.2) is 84.5 Å². The van der Waals surface area contributed by atoms with Gasteiger partial charge in [-0.15, -0.1) is 11.3 Å². The number of alkyl halides is 2. The Labute approximate surface area is 400 Å². The second-order valence-corrected chi connectivity index (χ2v) is 20.1. The van der Waals surface area contributed by atoms with Gasteiger partial charge >= 0.3 is 0 Å². The fourth-order valence-electron chi connectivity index (χ4n) is 9.38. The highest BCUT2D eigenvalue weighted by Crippen LogP contribution is 2.37. The average molecular weight is 945 g/mol. The Bertz CT molecular complexity index is 2680. The van der Waals surface area contributed by atoms with E-state index in [1.54, 1.807) is 34.4 Å². The van der Waals surface area contributed by atoms with Gasteiger partial charge in [-0.2, -0.15) is 0 Å². The number of aliphatic hydroxyl groups is 1. The number of likely N-dealkylation sites (tertiary alicyclic amines) is 2. The molecule has 0 unspecified atom stereocenters. The minimum absolute atomic E-state index is 0.0387. The third-order valence-corrected chi connectivity index (χ3v) is 14.1. The first kappa shape index (κ1) is 48.1. The molecule has 0 aliphatic carbocycles. The van der Waals surface area contributed by atoms with E-state index in [1.165, 1.54) is 11.1 Å². The van der Waals surface area contributed by atoms with E-state index in [0.29, 0.717) is 54.6 Å². The normalized spacial score (nSPS) is 19.4. The molecule has 3 fully saturated rings. The van der Waals surface area contributed by atoms with Crippen molar-refractivity contribution in [3.05, 3.63) is 124 Å². The van der Waals surface area contributed by atoms with Crippen LogP contribution in [0.2, 0.25) is 0 Å². The summed E-state index contributed by atoms with van der Waals surface area (Å²) in [6.07, 6.45) is 1.86. The van der Waals surface area contributed by atoms with Gasteiger partial charge in [-0.05, 0) is 96.7 Å². The van der Waals surface area contributed by atoms with Gasteiger partial charge in [0, 0.05) is 57.3 Å². The molecule has 4 atom stereocenters. The number of halogens is 2. The van der Waals surface area contributed by atoms with E-state index in [4.69, 9.17) is 6.57 Å². The van der Waals surface area contributed by atoms with Gasteiger partial charge < -0.3 is 35.8 Å². The summed E-state index contributed by atoms with van der Waals surface area (Å²) in [4.78, 5) is 65.1. The minimum Gasteiger partial charge on any atom is -0.391 e. The van der Waals surface area contributed by atoms with E-state index in [9.17, 15) is 28.3 Å². The number of carbonyl (C=O) groups is 3. The molecule has 0 spiro atoms. The van der Waals surface area contributed by atoms with E-state index < -0.39 is 36.1 Å². The summed E-state index contributed by atoms with van der Waals surface area (Å²) in [5.41, 5.74) is 6.84. The number of amides is 3. The molecule has 2 aromatic carbocycles. The van der Waals surface area contributed by atoms with Crippen LogP contribution in [0.4, 0.5) is 31.9 Å². The average Bonchev–Trinajstić information content (AvgIpc) is 4.05. The van der Waals surface area contributed by atoms with Crippen LogP contribution in [0.5, 0.6) is 0 Å². The first-order valence-electron chi connectivity index (χ1n) is 23.1. The van der Waals surface area contributed by atoms with E-state index in [2.05, 4.69) is 35.7 Å². The zero-order chi connectivity index (χ0) is 48.3. The van der Waals surface area contributed by atoms with Crippen molar-refractivity contribution < 1.29 is 28.3 Å². The number of benzene rings is 2. The maximum Gasteiger partial charge on any atom is 0.266 e. The number of aliphatic hydroxyl groups excluding tert-OH is 1. The first-order valence-corrected chi connectivity index (χ1v) is 24.0. The van der Waals surface area contributed by atoms with Gasteiger partial charge in [-0.25, -0.2) is 28.6 Å². The largest absolute Gasteiger partial charge is 0.391 e. The SMILES string of the molecule is [C-]#[N+]c1ccnc(Nc2cc(C3CCN(C(=O)c4cccc(CN[C@H](C(=O)N5C[C@H](O)C[C@H]5C(=O)N[C@@H](C)c5ccc(-c6scnc6C)cc5)C(C)(C)C)c4)CC3)cc(N3CCC(F)(F)C3)n2)c1. The summed E-state index contributed by atoms with van der Waals surface area (Å²) < 4.78 is 28.7. The molecule has 3 aliphatic heterocycles. The lowest BCUT2D eigenvalue weighted by molar-refractivity contribution is -0.142. The van der Waals surface area contributed by atoms with Gasteiger partial charge in [0.2, 0.25) is 11.8 Å². The molecular formula is C51H58F2N10O4S. The van der Waals surface area contributed by atoms with Crippen molar-refractivity contribution >= 4 is 52.2 Å². The maximum atomic E-state index is 14.4. The lowest BCUT2D eigenvalue weighted by Crippen LogP contribution is -2.56. The molecule has 0 bridgehead atoms. The minimum atomic E-state index is -2.81. The number of carbonyl (C=O) groups excluding carboxylic acids is 3. The number of β-amino-alcohol motifs (C(OH)–C–C–N with tert-alkyl or cyclic N) is 1. The Morgan fingerprint density at radius 3 is 2.44 bits per heavy atom. The molecule has 356 valence electrons. The van der Waals surface area contributed by atoms with Gasteiger partial charge in [0.25, 0.3) is 11.8 Å². The number of anilines is 3. The molecule has 3 amide bonds. The Kier molecular flexibility index (Phi) is 14.2. The van der Waals surface area contributed by atoms with Crippen molar-refractivity contribution in [3.8, 4) is 10.4 Å². The first-order chi connectivity index (χ1) is 32.4. The van der Waals surface area contributed by atoms with Crippen LogP contribution in [0, 0.1) is 18.9 Å². The third-order valence-electron chi connectivity index (χ3n) is 13.1. The topological polar surface area (TPSA) is 160 Å². The van der Waals surface area contributed by atoms with Crippen molar-refractivity contribution in [2.45, 2.75) is 103 Å². The number of nitrogens with one attached hydrogen (secondary N) is 3. The van der Waals surface area contributed by atoms with Crippen molar-refractivity contribution in [1.82, 2.24) is 35.4 Å². The summed E-state index contributed by atoms with van der Waals surface area (Å²) in [6, 6.07) is 20.4. The zero-order valence-corrected chi connectivity index (χ0v) is 39.8. The lowest BCUT2D eigenvalue weighted by Gasteiger charge is -2.36. The Morgan fingerprint density at radius 1 is 1.00 bits per heavy atom. The van der Waals surface area contributed by atoms with E-state index in [-0.39, 0.29) is 62.2 Å². The summed E-state index contributed by atoms with van der Waals surface area (Å²) in [5.74, 6) is -2.19. The third kappa shape index (κ3) is 11.2. The lowest BCUT2D eigenvalue weighted by atomic mass is 9.85. The fraction of sp³-hybridized carbons (Fsp3) is 0.431. The molecule has 8 rings (SSSR count). The number of nitrogens with zero attached hydrogens (tertiary/aromatic N) is 7. The molecular weight excluding hydrogens is 887 g/mol. The smallest absolute Gasteiger partial charge is 0.266 e. The standard InChI is InChI=1S/C51H58F2N10O4S/c1-31(34-10-12-36(13-11-34)45-32(2)57-30-68-45)58-47(65)41-26-40(64)28-63(41)49(67)46(50(3,4)5)56-27-33-8-7-9-37(22-33)48(66)61-19-15-35(16-20-61)38-23-43(59-42-25-39(54-6)14-18-55-42)60-44(24-38)62-21-17-51(52,53)29-62/h7-14,18,22-25,30-31,35,40-41,46,56,64H,15-17,19-21,26-29H2,1-5H3,(H,58,65)(H,55,59,60)/t31-,40+,41-,46+/m0/s1. The number of aromatic nitrogens is 3. The highest BCUT2D eigenvalue weighted by Gasteiger charge is 2.44. The number of hydrogen-bond donors (Lipinski definition) is 4. The Morgan fingerprint density at radius 2 is 1.76 bits per heavy atom. The van der Waals surface area contributed by atoms with Crippen LogP contribution >= 0.6 is 11.3 Å². The van der Waals surface area contributed by atoms with E-state index in [0.717, 1.165) is 32.8 Å². The molecule has 5 aromatic rings. The fourth-order valence-corrected chi connectivity index (χ4v) is 10.2. The number of piperidine rings is 1. The molecule has 0 saturated carbocycles. The molecule has 0 radical (unpaired) electrons. The number of aryl methyl sites for hydroxylation is 1. The molecule has 6 heterocycles. The number of rotatable bonds is 13. The van der Waals surface area contributed by atoms with Crippen LogP contribution < -0.4 is 20.9 Å². The van der Waals surface area contributed by atoms with Crippen LogP contribution in [-0.2, 0) is 16.1 Å². The monoisotopic (exact) mass is 944 g/mol. The summed E-state index contributed by atoms with van der Waals surface area (Å²) >= 11 is 1.58. The molecule has 3 aromatic heterocycles. The van der Waals surface area contributed by atoms with Crippen LogP contribution in [-0.4, -0.2) is 104 Å². The second kappa shape index (κ2) is 20.1. The highest BCUT2D eigenvalue weighted by molar-refractivity contribution is 7.13.